The molecule has 2 atom stereocenters. The number of nitrogens with zero attached hydrogens (tertiary/aromatic N) is 1. The fourth-order valence-corrected chi connectivity index (χ4v) is 2.15. The molecule has 1 aliphatic heterocycles. The van der Waals surface area contributed by atoms with Crippen LogP contribution in [0, 0.1) is 17.2 Å². The van der Waals surface area contributed by atoms with Gasteiger partial charge in [0.25, 0.3) is 0 Å². The topological polar surface area (TPSA) is 52.9 Å². The van der Waals surface area contributed by atoms with Crippen molar-refractivity contribution < 1.29 is 4.79 Å². The molecule has 0 saturated heterocycles. The van der Waals surface area contributed by atoms with E-state index < -0.39 is 0 Å². The van der Waals surface area contributed by atoms with Gasteiger partial charge >= 0.3 is 0 Å². The minimum atomic E-state index is 0.0578. The number of benzene rings is 1. The van der Waals surface area contributed by atoms with Gasteiger partial charge in [-0.05, 0) is 41.5 Å². The van der Waals surface area contributed by atoms with Crippen molar-refractivity contribution in [1.82, 2.24) is 5.32 Å². The second-order valence-electron chi connectivity index (χ2n) is 4.69. The molecule has 1 aliphatic rings. The summed E-state index contributed by atoms with van der Waals surface area (Å²) in [6, 6.07) is 9.76. The predicted octanol–water partition coefficient (Wildman–Crippen LogP) is 2.87. The molecule has 19 heavy (non-hydrogen) atoms. The summed E-state index contributed by atoms with van der Waals surface area (Å²) in [4.78, 5) is 10.6. The molecular weight excluding hydrogens is 236 g/mol. The van der Waals surface area contributed by atoms with Crippen molar-refractivity contribution in [2.75, 3.05) is 0 Å². The highest BCUT2D eigenvalue weighted by atomic mass is 16.1. The highest BCUT2D eigenvalue weighted by molar-refractivity contribution is 5.51. The molecular formula is C16H16N2O. The minimum Gasteiger partial charge on any atom is -0.381 e. The van der Waals surface area contributed by atoms with Crippen LogP contribution in [0.3, 0.4) is 0 Å². The molecule has 2 rings (SSSR count). The standard InChI is InChI=1S/C16H16N2O/c1-12(6-8-19)14-5-7-18-16(10-14)15-4-2-3-13(9-15)11-17/h2-5,7-10,12,16,18H,6H2,1H3. The number of hydrogen-bond donors (Lipinski definition) is 1. The number of hydrogen-bond acceptors (Lipinski definition) is 3. The molecule has 3 nitrogen and oxygen atoms in total. The number of nitriles is 1. The first-order valence-corrected chi connectivity index (χ1v) is 6.32. The molecule has 0 amide bonds. The first-order valence-electron chi connectivity index (χ1n) is 6.32. The maximum absolute atomic E-state index is 10.6. The van der Waals surface area contributed by atoms with E-state index in [0.717, 1.165) is 17.4 Å². The molecule has 0 saturated carbocycles. The quantitative estimate of drug-likeness (QED) is 0.838. The monoisotopic (exact) mass is 252 g/mol. The molecule has 96 valence electrons. The van der Waals surface area contributed by atoms with Crippen molar-refractivity contribution in [2.45, 2.75) is 19.4 Å². The zero-order chi connectivity index (χ0) is 13.7. The van der Waals surface area contributed by atoms with E-state index >= 15 is 0 Å². The van der Waals surface area contributed by atoms with Gasteiger partial charge in [-0.25, -0.2) is 0 Å². The highest BCUT2D eigenvalue weighted by Crippen LogP contribution is 2.25. The number of allylic oxidation sites excluding steroid dienone is 2. The van der Waals surface area contributed by atoms with Crippen molar-refractivity contribution in [2.24, 2.45) is 5.92 Å². The highest BCUT2D eigenvalue weighted by Gasteiger charge is 2.14. The van der Waals surface area contributed by atoms with Crippen LogP contribution in [0.15, 0.2) is 48.2 Å². The first-order chi connectivity index (χ1) is 9.24. The number of nitrogens with one attached hydrogen (secondary N) is 1. The lowest BCUT2D eigenvalue weighted by atomic mass is 9.92. The number of aldehydes is 1. The maximum Gasteiger partial charge on any atom is 0.120 e. The van der Waals surface area contributed by atoms with E-state index in [4.69, 9.17) is 5.26 Å². The molecule has 1 N–H and O–H groups in total. The average molecular weight is 252 g/mol. The Morgan fingerprint density at radius 1 is 1.53 bits per heavy atom. The smallest absolute Gasteiger partial charge is 0.120 e. The van der Waals surface area contributed by atoms with Crippen LogP contribution in [0.4, 0.5) is 0 Å². The van der Waals surface area contributed by atoms with E-state index in [-0.39, 0.29) is 12.0 Å². The molecule has 2 unspecified atom stereocenters. The fraction of sp³-hybridized carbons (Fsp3) is 0.250. The third-order valence-electron chi connectivity index (χ3n) is 3.30. The van der Waals surface area contributed by atoms with Gasteiger partial charge in [-0.2, -0.15) is 5.26 Å². The molecule has 1 aromatic carbocycles. The van der Waals surface area contributed by atoms with Gasteiger partial charge in [0.15, 0.2) is 0 Å². The summed E-state index contributed by atoms with van der Waals surface area (Å²) in [6.07, 6.45) is 7.50. The number of carbonyl (C=O) groups is 1. The SMILES string of the molecule is CC(CC=O)C1=CC(c2cccc(C#N)c2)NC=C1. The van der Waals surface area contributed by atoms with Crippen LogP contribution < -0.4 is 5.32 Å². The van der Waals surface area contributed by atoms with Crippen LogP contribution in [0.1, 0.15) is 30.5 Å². The lowest BCUT2D eigenvalue weighted by molar-refractivity contribution is -0.108. The zero-order valence-corrected chi connectivity index (χ0v) is 10.8. The van der Waals surface area contributed by atoms with E-state index in [0.29, 0.717) is 12.0 Å². The molecule has 0 bridgehead atoms. The summed E-state index contributed by atoms with van der Waals surface area (Å²) in [7, 11) is 0. The second-order valence-corrected chi connectivity index (χ2v) is 4.69. The summed E-state index contributed by atoms with van der Waals surface area (Å²) >= 11 is 0. The Morgan fingerprint density at radius 2 is 2.37 bits per heavy atom. The van der Waals surface area contributed by atoms with Crippen LogP contribution in [-0.4, -0.2) is 6.29 Å². The molecule has 0 aromatic heterocycles. The lowest BCUT2D eigenvalue weighted by Crippen LogP contribution is -2.18. The number of dihydropyridines is 1. The fourth-order valence-electron chi connectivity index (χ4n) is 2.15. The van der Waals surface area contributed by atoms with E-state index in [2.05, 4.69) is 17.5 Å². The van der Waals surface area contributed by atoms with Gasteiger partial charge < -0.3 is 10.1 Å². The molecule has 0 spiro atoms. The van der Waals surface area contributed by atoms with Crippen LogP contribution in [-0.2, 0) is 4.79 Å². The van der Waals surface area contributed by atoms with Crippen LogP contribution in [0.2, 0.25) is 0 Å². The minimum absolute atomic E-state index is 0.0578. The Bertz CT molecular complexity index is 566. The summed E-state index contributed by atoms with van der Waals surface area (Å²) < 4.78 is 0. The summed E-state index contributed by atoms with van der Waals surface area (Å²) in [5.74, 6) is 0.220. The van der Waals surface area contributed by atoms with Gasteiger partial charge in [0.05, 0.1) is 17.7 Å². The van der Waals surface area contributed by atoms with Crippen LogP contribution in [0.5, 0.6) is 0 Å². The summed E-state index contributed by atoms with van der Waals surface area (Å²) in [5, 5.41) is 12.2. The molecule has 1 aromatic rings. The molecule has 3 heteroatoms. The van der Waals surface area contributed by atoms with E-state index in [1.165, 1.54) is 0 Å². The number of rotatable bonds is 4. The normalized spacial score (nSPS) is 18.9. The molecule has 0 radical (unpaired) electrons. The largest absolute Gasteiger partial charge is 0.381 e. The Morgan fingerprint density at radius 3 is 3.11 bits per heavy atom. The summed E-state index contributed by atoms with van der Waals surface area (Å²) in [5.41, 5.74) is 2.86. The van der Waals surface area contributed by atoms with Crippen LogP contribution in [0.25, 0.3) is 0 Å². The van der Waals surface area contributed by atoms with Crippen LogP contribution >= 0.6 is 0 Å². The van der Waals surface area contributed by atoms with Gasteiger partial charge in [0.2, 0.25) is 0 Å². The lowest BCUT2D eigenvalue weighted by Gasteiger charge is -2.22. The van der Waals surface area contributed by atoms with Crippen molar-refractivity contribution in [3.8, 4) is 6.07 Å². The summed E-state index contributed by atoms with van der Waals surface area (Å²) in [6.45, 7) is 2.04. The van der Waals surface area contributed by atoms with Crippen molar-refractivity contribution in [3.63, 3.8) is 0 Å². The Kier molecular flexibility index (Phi) is 4.15. The Balaban J connectivity index is 2.24. The third kappa shape index (κ3) is 3.11. The van der Waals surface area contributed by atoms with E-state index in [9.17, 15) is 4.79 Å². The Labute approximate surface area is 113 Å². The zero-order valence-electron chi connectivity index (χ0n) is 10.8. The Hall–Kier alpha value is -2.34. The third-order valence-corrected chi connectivity index (χ3v) is 3.30. The van der Waals surface area contributed by atoms with Crippen molar-refractivity contribution in [1.29, 1.82) is 5.26 Å². The van der Waals surface area contributed by atoms with E-state index in [1.54, 1.807) is 6.07 Å². The second kappa shape index (κ2) is 6.01. The van der Waals surface area contributed by atoms with E-state index in [1.807, 2.05) is 37.4 Å². The van der Waals surface area contributed by atoms with Gasteiger partial charge in [-0.1, -0.05) is 25.1 Å². The van der Waals surface area contributed by atoms with Crippen molar-refractivity contribution in [3.05, 3.63) is 59.3 Å². The number of carbonyl (C=O) groups excluding carboxylic acids is 1. The van der Waals surface area contributed by atoms with Gasteiger partial charge in [0, 0.05) is 6.42 Å². The molecule has 0 aliphatic carbocycles. The van der Waals surface area contributed by atoms with Gasteiger partial charge in [-0.15, -0.1) is 0 Å². The molecule has 1 heterocycles. The molecule has 0 fully saturated rings. The average Bonchev–Trinajstić information content (AvgIpc) is 2.48. The maximum atomic E-state index is 10.6. The van der Waals surface area contributed by atoms with Crippen molar-refractivity contribution >= 4 is 6.29 Å². The predicted molar refractivity (Wildman–Crippen MR) is 74.1 cm³/mol. The first kappa shape index (κ1) is 13.1. The van der Waals surface area contributed by atoms with Gasteiger partial charge in [-0.3, -0.25) is 0 Å². The van der Waals surface area contributed by atoms with Gasteiger partial charge in [0.1, 0.15) is 6.29 Å².